The molecule has 0 saturated heterocycles. The number of nitrogens with one attached hydrogen (secondary N) is 2. The number of hydrogen-bond donors (Lipinski definition) is 4. The monoisotopic (exact) mass is 275 g/mol. The smallest absolute Gasteiger partial charge is 0.326 e. The van der Waals surface area contributed by atoms with Crippen molar-refractivity contribution in [3.63, 3.8) is 0 Å². The Morgan fingerprint density at radius 3 is 2.70 bits per heavy atom. The number of hydrogen-bond acceptors (Lipinski definition) is 3. The van der Waals surface area contributed by atoms with E-state index in [1.807, 2.05) is 30.3 Å². The highest BCUT2D eigenvalue weighted by molar-refractivity contribution is 5.87. The Morgan fingerprint density at radius 2 is 2.10 bits per heavy atom. The topological polar surface area (TPSA) is 108 Å². The number of aliphatic carboxylic acids is 1. The molecule has 1 aromatic carbocycles. The molecule has 0 fully saturated rings. The van der Waals surface area contributed by atoms with Crippen LogP contribution in [0.25, 0.3) is 10.9 Å². The molecule has 0 radical (unpaired) electrons. The summed E-state index contributed by atoms with van der Waals surface area (Å²) in [4.78, 5) is 25.9. The number of carboxylic acid groups (broad SMARTS) is 1. The first-order chi connectivity index (χ1) is 9.47. The summed E-state index contributed by atoms with van der Waals surface area (Å²) < 4.78 is 0. The molecule has 5 N–H and O–H groups in total. The van der Waals surface area contributed by atoms with E-state index in [1.165, 1.54) is 6.92 Å². The molecule has 2 rings (SSSR count). The number of rotatable bonds is 5. The molecule has 6 heteroatoms. The van der Waals surface area contributed by atoms with Gasteiger partial charge in [-0.25, -0.2) is 4.79 Å². The molecule has 2 aromatic rings. The Bertz CT molecular complexity index is 600. The van der Waals surface area contributed by atoms with Gasteiger partial charge in [0, 0.05) is 17.6 Å². The molecule has 0 aliphatic rings. The van der Waals surface area contributed by atoms with Crippen molar-refractivity contribution in [2.75, 3.05) is 0 Å². The maximum Gasteiger partial charge on any atom is 0.326 e. The summed E-state index contributed by atoms with van der Waals surface area (Å²) in [6.07, 6.45) is 0.183. The molecule has 20 heavy (non-hydrogen) atoms. The first-order valence-corrected chi connectivity index (χ1v) is 6.33. The fraction of sp³-hybridized carbons (Fsp3) is 0.286. The molecule has 1 heterocycles. The molecule has 0 aliphatic carbocycles. The maximum atomic E-state index is 11.5. The third-order valence-corrected chi connectivity index (χ3v) is 3.04. The predicted octanol–water partition coefficient (Wildman–Crippen LogP) is 0.627. The molecule has 0 bridgehead atoms. The number of para-hydroxylation sites is 1. The molecule has 2 atom stereocenters. The second kappa shape index (κ2) is 5.75. The van der Waals surface area contributed by atoms with Crippen LogP contribution in [0.2, 0.25) is 0 Å². The predicted molar refractivity (Wildman–Crippen MR) is 75.2 cm³/mol. The largest absolute Gasteiger partial charge is 0.480 e. The Hall–Kier alpha value is -2.34. The van der Waals surface area contributed by atoms with E-state index in [4.69, 9.17) is 5.73 Å². The van der Waals surface area contributed by atoms with Gasteiger partial charge in [-0.2, -0.15) is 0 Å². The van der Waals surface area contributed by atoms with Crippen molar-refractivity contribution in [2.24, 2.45) is 5.73 Å². The number of fused-ring (bicyclic) bond motifs is 1. The van der Waals surface area contributed by atoms with Crippen molar-refractivity contribution < 1.29 is 14.7 Å². The highest BCUT2D eigenvalue weighted by Crippen LogP contribution is 2.15. The van der Waals surface area contributed by atoms with Crippen LogP contribution in [0.1, 0.15) is 12.6 Å². The Kier molecular flexibility index (Phi) is 4.05. The van der Waals surface area contributed by atoms with Crippen molar-refractivity contribution in [2.45, 2.75) is 25.4 Å². The molecule has 0 aliphatic heterocycles. The third-order valence-electron chi connectivity index (χ3n) is 3.04. The number of H-pyrrole nitrogens is 1. The summed E-state index contributed by atoms with van der Waals surface area (Å²) in [7, 11) is 0. The number of amides is 1. The van der Waals surface area contributed by atoms with E-state index in [2.05, 4.69) is 10.3 Å². The zero-order valence-electron chi connectivity index (χ0n) is 11.1. The van der Waals surface area contributed by atoms with Gasteiger partial charge in [0.1, 0.15) is 6.04 Å². The molecular formula is C14H17N3O3. The summed E-state index contributed by atoms with van der Waals surface area (Å²) in [5.41, 5.74) is 7.11. The Morgan fingerprint density at radius 1 is 1.40 bits per heavy atom. The van der Waals surface area contributed by atoms with E-state index < -0.39 is 24.0 Å². The van der Waals surface area contributed by atoms with Crippen LogP contribution in [0.5, 0.6) is 0 Å². The minimum absolute atomic E-state index is 0.183. The zero-order valence-corrected chi connectivity index (χ0v) is 11.1. The summed E-state index contributed by atoms with van der Waals surface area (Å²) in [5.74, 6) is -1.56. The van der Waals surface area contributed by atoms with Gasteiger partial charge in [0.05, 0.1) is 6.04 Å². The second-order valence-corrected chi connectivity index (χ2v) is 4.77. The highest BCUT2D eigenvalue weighted by atomic mass is 16.4. The van der Waals surface area contributed by atoms with Gasteiger partial charge in [-0.15, -0.1) is 0 Å². The number of aromatic nitrogens is 1. The number of aromatic amines is 1. The number of benzene rings is 1. The van der Waals surface area contributed by atoms with Gasteiger partial charge in [-0.3, -0.25) is 4.79 Å². The SMILES string of the molecule is CC(N)C(=O)NC(Cc1cc2ccccc2[nH]1)C(=O)O. The van der Waals surface area contributed by atoms with Crippen molar-refractivity contribution in [3.05, 3.63) is 36.0 Å². The van der Waals surface area contributed by atoms with Gasteiger partial charge in [-0.1, -0.05) is 18.2 Å². The van der Waals surface area contributed by atoms with Gasteiger partial charge in [0.25, 0.3) is 0 Å². The van der Waals surface area contributed by atoms with Crippen molar-refractivity contribution >= 4 is 22.8 Å². The number of carbonyl (C=O) groups excluding carboxylic acids is 1. The molecular weight excluding hydrogens is 258 g/mol. The normalized spacial score (nSPS) is 13.9. The molecule has 1 amide bonds. The van der Waals surface area contributed by atoms with E-state index in [0.717, 1.165) is 16.6 Å². The minimum atomic E-state index is -1.09. The summed E-state index contributed by atoms with van der Waals surface area (Å²) in [6.45, 7) is 1.51. The van der Waals surface area contributed by atoms with Crippen LogP contribution in [0.4, 0.5) is 0 Å². The lowest BCUT2D eigenvalue weighted by molar-refractivity contribution is -0.141. The van der Waals surface area contributed by atoms with Crippen LogP contribution in [-0.2, 0) is 16.0 Å². The average Bonchev–Trinajstić information content (AvgIpc) is 2.79. The second-order valence-electron chi connectivity index (χ2n) is 4.77. The molecule has 106 valence electrons. The Balaban J connectivity index is 2.15. The first kappa shape index (κ1) is 14.1. The lowest BCUT2D eigenvalue weighted by Crippen LogP contribution is -2.48. The maximum absolute atomic E-state index is 11.5. The summed E-state index contributed by atoms with van der Waals surface area (Å²) in [5, 5.41) is 12.6. The number of carbonyl (C=O) groups is 2. The fourth-order valence-corrected chi connectivity index (χ4v) is 1.97. The molecule has 1 aromatic heterocycles. The molecule has 6 nitrogen and oxygen atoms in total. The third kappa shape index (κ3) is 3.16. The average molecular weight is 275 g/mol. The van der Waals surface area contributed by atoms with Crippen LogP contribution in [-0.4, -0.2) is 34.1 Å². The van der Waals surface area contributed by atoms with Gasteiger partial charge >= 0.3 is 5.97 Å². The van der Waals surface area contributed by atoms with Crippen LogP contribution in [0.3, 0.4) is 0 Å². The van der Waals surface area contributed by atoms with Crippen LogP contribution < -0.4 is 11.1 Å². The van der Waals surface area contributed by atoms with Crippen LogP contribution >= 0.6 is 0 Å². The molecule has 2 unspecified atom stereocenters. The number of nitrogens with two attached hydrogens (primary N) is 1. The summed E-state index contributed by atoms with van der Waals surface area (Å²) >= 11 is 0. The minimum Gasteiger partial charge on any atom is -0.480 e. The molecule has 0 spiro atoms. The lowest BCUT2D eigenvalue weighted by atomic mass is 10.1. The number of carboxylic acids is 1. The quantitative estimate of drug-likeness (QED) is 0.641. The van der Waals surface area contributed by atoms with E-state index in [0.29, 0.717) is 0 Å². The zero-order chi connectivity index (χ0) is 14.7. The summed E-state index contributed by atoms with van der Waals surface area (Å²) in [6, 6.07) is 7.80. The van der Waals surface area contributed by atoms with Crippen LogP contribution in [0, 0.1) is 0 Å². The Labute approximate surface area is 116 Å². The first-order valence-electron chi connectivity index (χ1n) is 6.33. The van der Waals surface area contributed by atoms with Gasteiger partial charge in [0.15, 0.2) is 0 Å². The van der Waals surface area contributed by atoms with Crippen molar-refractivity contribution in [1.82, 2.24) is 10.3 Å². The van der Waals surface area contributed by atoms with Gasteiger partial charge < -0.3 is 21.1 Å². The van der Waals surface area contributed by atoms with E-state index in [9.17, 15) is 14.7 Å². The van der Waals surface area contributed by atoms with Crippen LogP contribution in [0.15, 0.2) is 30.3 Å². The van der Waals surface area contributed by atoms with E-state index in [1.54, 1.807) is 0 Å². The van der Waals surface area contributed by atoms with E-state index in [-0.39, 0.29) is 6.42 Å². The van der Waals surface area contributed by atoms with Gasteiger partial charge in [0.2, 0.25) is 5.91 Å². The lowest BCUT2D eigenvalue weighted by Gasteiger charge is -2.15. The standard InChI is InChI=1S/C14H17N3O3/c1-8(15)13(18)17-12(14(19)20)7-10-6-9-4-2-3-5-11(9)16-10/h2-6,8,12,16H,7,15H2,1H3,(H,17,18)(H,19,20). The van der Waals surface area contributed by atoms with E-state index >= 15 is 0 Å². The fourth-order valence-electron chi connectivity index (χ4n) is 1.97. The highest BCUT2D eigenvalue weighted by Gasteiger charge is 2.22. The molecule has 0 saturated carbocycles. The van der Waals surface area contributed by atoms with Gasteiger partial charge in [-0.05, 0) is 24.4 Å². The van der Waals surface area contributed by atoms with Crippen molar-refractivity contribution in [1.29, 1.82) is 0 Å². The van der Waals surface area contributed by atoms with Crippen molar-refractivity contribution in [3.8, 4) is 0 Å².